The smallest absolute Gasteiger partial charge is 0.246 e. The van der Waals surface area contributed by atoms with Gasteiger partial charge in [0, 0.05) is 0 Å². The molecule has 2 unspecified atom stereocenters. The molecule has 2 saturated heterocycles. The fraction of sp³-hybridized carbons (Fsp3) is 0.727. The number of carbonyl (C=O) groups is 3. The standard InChI is InChI=1S/C11H17N3O3/c1-7-3-2-4-12-10(7)11(17)14-5-8(15)13-9(16)6-14/h7,10,12H,2-6H2,1H3,(H,13,15,16). The van der Waals surface area contributed by atoms with Crippen molar-refractivity contribution in [3.05, 3.63) is 0 Å². The highest BCUT2D eigenvalue weighted by atomic mass is 16.2. The average Bonchev–Trinajstić information content (AvgIpc) is 2.27. The van der Waals surface area contributed by atoms with Crippen LogP contribution < -0.4 is 10.6 Å². The SMILES string of the molecule is CC1CCCNC1C(=O)N1CC(=O)NC(=O)C1. The van der Waals surface area contributed by atoms with Crippen molar-refractivity contribution in [3.8, 4) is 0 Å². The summed E-state index contributed by atoms with van der Waals surface area (Å²) < 4.78 is 0. The predicted octanol–water partition coefficient (Wildman–Crippen LogP) is -1.14. The van der Waals surface area contributed by atoms with Crippen LogP contribution in [0.25, 0.3) is 0 Å². The first kappa shape index (κ1) is 12.0. The van der Waals surface area contributed by atoms with Crippen molar-refractivity contribution in [3.63, 3.8) is 0 Å². The van der Waals surface area contributed by atoms with Gasteiger partial charge in [-0.25, -0.2) is 0 Å². The van der Waals surface area contributed by atoms with Crippen LogP contribution >= 0.6 is 0 Å². The Morgan fingerprint density at radius 1 is 1.29 bits per heavy atom. The third kappa shape index (κ3) is 2.63. The Morgan fingerprint density at radius 3 is 2.53 bits per heavy atom. The van der Waals surface area contributed by atoms with Crippen LogP contribution in [0.15, 0.2) is 0 Å². The number of piperidine rings is 1. The predicted molar refractivity (Wildman–Crippen MR) is 59.9 cm³/mol. The molecule has 0 saturated carbocycles. The molecule has 2 N–H and O–H groups in total. The van der Waals surface area contributed by atoms with Crippen LogP contribution in [0.1, 0.15) is 19.8 Å². The monoisotopic (exact) mass is 239 g/mol. The molecule has 0 spiro atoms. The number of carbonyl (C=O) groups excluding carboxylic acids is 3. The van der Waals surface area contributed by atoms with E-state index in [0.717, 1.165) is 19.4 Å². The molecule has 17 heavy (non-hydrogen) atoms. The molecule has 0 bridgehead atoms. The van der Waals surface area contributed by atoms with Crippen molar-refractivity contribution in [2.45, 2.75) is 25.8 Å². The van der Waals surface area contributed by atoms with Gasteiger partial charge in [-0.15, -0.1) is 0 Å². The maximum Gasteiger partial charge on any atom is 0.246 e. The molecule has 6 heteroatoms. The zero-order valence-electron chi connectivity index (χ0n) is 9.86. The Bertz CT molecular complexity index is 340. The lowest BCUT2D eigenvalue weighted by molar-refractivity contribution is -0.147. The van der Waals surface area contributed by atoms with Gasteiger partial charge in [0.25, 0.3) is 0 Å². The van der Waals surface area contributed by atoms with Gasteiger partial charge in [-0.05, 0) is 25.3 Å². The van der Waals surface area contributed by atoms with E-state index in [1.165, 1.54) is 4.90 Å². The van der Waals surface area contributed by atoms with E-state index in [4.69, 9.17) is 0 Å². The molecule has 6 nitrogen and oxygen atoms in total. The van der Waals surface area contributed by atoms with E-state index in [-0.39, 0.29) is 31.0 Å². The maximum absolute atomic E-state index is 12.2. The van der Waals surface area contributed by atoms with E-state index in [1.54, 1.807) is 0 Å². The van der Waals surface area contributed by atoms with Crippen molar-refractivity contribution in [2.24, 2.45) is 5.92 Å². The first-order chi connectivity index (χ1) is 8.08. The molecular formula is C11H17N3O3. The first-order valence-corrected chi connectivity index (χ1v) is 5.93. The molecular weight excluding hydrogens is 222 g/mol. The number of hydrogen-bond donors (Lipinski definition) is 2. The number of imide groups is 1. The molecule has 2 rings (SSSR count). The molecule has 0 aromatic rings. The van der Waals surface area contributed by atoms with Crippen LogP contribution in [-0.4, -0.2) is 48.3 Å². The van der Waals surface area contributed by atoms with E-state index in [1.807, 2.05) is 6.92 Å². The highest BCUT2D eigenvalue weighted by molar-refractivity contribution is 6.03. The maximum atomic E-state index is 12.2. The van der Waals surface area contributed by atoms with E-state index < -0.39 is 11.8 Å². The van der Waals surface area contributed by atoms with Crippen molar-refractivity contribution < 1.29 is 14.4 Å². The van der Waals surface area contributed by atoms with Gasteiger partial charge >= 0.3 is 0 Å². The summed E-state index contributed by atoms with van der Waals surface area (Å²) in [5.41, 5.74) is 0. The molecule has 0 aromatic heterocycles. The zero-order valence-corrected chi connectivity index (χ0v) is 9.86. The third-order valence-electron chi connectivity index (χ3n) is 3.30. The molecule has 2 aliphatic heterocycles. The minimum atomic E-state index is -0.405. The van der Waals surface area contributed by atoms with Crippen molar-refractivity contribution in [1.82, 2.24) is 15.5 Å². The summed E-state index contributed by atoms with van der Waals surface area (Å²) in [6.45, 7) is 2.79. The lowest BCUT2D eigenvalue weighted by Gasteiger charge is -2.34. The van der Waals surface area contributed by atoms with Gasteiger partial charge < -0.3 is 10.2 Å². The van der Waals surface area contributed by atoms with Gasteiger partial charge in [0.05, 0.1) is 6.04 Å². The van der Waals surface area contributed by atoms with Crippen LogP contribution in [-0.2, 0) is 14.4 Å². The summed E-state index contributed by atoms with van der Waals surface area (Å²) in [7, 11) is 0. The van der Waals surface area contributed by atoms with Crippen LogP contribution in [0.5, 0.6) is 0 Å². The summed E-state index contributed by atoms with van der Waals surface area (Å²) >= 11 is 0. The minimum absolute atomic E-state index is 0.0184. The Balaban J connectivity index is 2.03. The highest BCUT2D eigenvalue weighted by Gasteiger charge is 2.34. The molecule has 2 heterocycles. The lowest BCUT2D eigenvalue weighted by Crippen LogP contribution is -2.59. The number of rotatable bonds is 1. The highest BCUT2D eigenvalue weighted by Crippen LogP contribution is 2.17. The van der Waals surface area contributed by atoms with E-state index in [9.17, 15) is 14.4 Å². The van der Waals surface area contributed by atoms with Gasteiger partial charge in [0.15, 0.2) is 0 Å². The number of nitrogens with zero attached hydrogens (tertiary/aromatic N) is 1. The Labute approximate surface area is 99.7 Å². The topological polar surface area (TPSA) is 78.5 Å². The third-order valence-corrected chi connectivity index (χ3v) is 3.30. The number of hydrogen-bond acceptors (Lipinski definition) is 4. The van der Waals surface area contributed by atoms with Gasteiger partial charge in [-0.3, -0.25) is 19.7 Å². The minimum Gasteiger partial charge on any atom is -0.323 e. The molecule has 0 aliphatic carbocycles. The largest absolute Gasteiger partial charge is 0.323 e. The molecule has 2 aliphatic rings. The zero-order chi connectivity index (χ0) is 12.4. The number of piperazine rings is 1. The first-order valence-electron chi connectivity index (χ1n) is 5.93. The van der Waals surface area contributed by atoms with Gasteiger partial charge in [0.1, 0.15) is 13.1 Å². The second-order valence-corrected chi connectivity index (χ2v) is 4.72. The second kappa shape index (κ2) is 4.83. The van der Waals surface area contributed by atoms with Crippen LogP contribution in [0, 0.1) is 5.92 Å². The summed E-state index contributed by atoms with van der Waals surface area (Å²) in [5, 5.41) is 5.35. The van der Waals surface area contributed by atoms with Crippen LogP contribution in [0.4, 0.5) is 0 Å². The van der Waals surface area contributed by atoms with Crippen molar-refractivity contribution in [1.29, 1.82) is 0 Å². The van der Waals surface area contributed by atoms with Gasteiger partial charge in [0.2, 0.25) is 17.7 Å². The van der Waals surface area contributed by atoms with Crippen LogP contribution in [0.3, 0.4) is 0 Å². The molecule has 2 atom stereocenters. The Hall–Kier alpha value is -1.43. The van der Waals surface area contributed by atoms with E-state index >= 15 is 0 Å². The number of amides is 3. The lowest BCUT2D eigenvalue weighted by atomic mass is 9.91. The molecule has 0 radical (unpaired) electrons. The Morgan fingerprint density at radius 2 is 1.94 bits per heavy atom. The Kier molecular flexibility index (Phi) is 3.42. The summed E-state index contributed by atoms with van der Waals surface area (Å²) in [6.07, 6.45) is 2.06. The van der Waals surface area contributed by atoms with Crippen molar-refractivity contribution >= 4 is 17.7 Å². The fourth-order valence-electron chi connectivity index (χ4n) is 2.37. The second-order valence-electron chi connectivity index (χ2n) is 4.72. The summed E-state index contributed by atoms with van der Waals surface area (Å²) in [4.78, 5) is 35.9. The molecule has 94 valence electrons. The molecule has 2 fully saturated rings. The number of nitrogens with one attached hydrogen (secondary N) is 2. The molecule has 3 amide bonds. The normalized spacial score (nSPS) is 30.1. The average molecular weight is 239 g/mol. The van der Waals surface area contributed by atoms with Crippen LogP contribution in [0.2, 0.25) is 0 Å². The quantitative estimate of drug-likeness (QED) is 0.567. The van der Waals surface area contributed by atoms with Crippen molar-refractivity contribution in [2.75, 3.05) is 19.6 Å². The fourth-order valence-corrected chi connectivity index (χ4v) is 2.37. The van der Waals surface area contributed by atoms with E-state index in [0.29, 0.717) is 0 Å². The van der Waals surface area contributed by atoms with Gasteiger partial charge in [-0.2, -0.15) is 0 Å². The molecule has 0 aromatic carbocycles. The van der Waals surface area contributed by atoms with E-state index in [2.05, 4.69) is 10.6 Å². The van der Waals surface area contributed by atoms with Gasteiger partial charge in [-0.1, -0.05) is 6.92 Å². The summed E-state index contributed by atoms with van der Waals surface area (Å²) in [6, 6.07) is -0.262. The summed E-state index contributed by atoms with van der Waals surface area (Å²) in [5.74, 6) is -0.701.